The van der Waals surface area contributed by atoms with Crippen molar-refractivity contribution in [3.8, 4) is 0 Å². The minimum absolute atomic E-state index is 0.151. The fourth-order valence-corrected chi connectivity index (χ4v) is 3.45. The van der Waals surface area contributed by atoms with Crippen molar-refractivity contribution in [2.75, 3.05) is 26.2 Å². The SMILES string of the molecule is CC1(C(=O)N2CCc3ccccc3CC2)CCNCC1. The molecule has 0 aliphatic carbocycles. The van der Waals surface area contributed by atoms with Crippen LogP contribution in [-0.2, 0) is 17.6 Å². The van der Waals surface area contributed by atoms with Gasteiger partial charge in [-0.1, -0.05) is 31.2 Å². The molecule has 2 aliphatic heterocycles. The van der Waals surface area contributed by atoms with Crippen LogP contribution in [0.1, 0.15) is 30.9 Å². The number of nitrogens with one attached hydrogen (secondary N) is 1. The number of piperidine rings is 1. The number of nitrogens with zero attached hydrogens (tertiary/aromatic N) is 1. The van der Waals surface area contributed by atoms with E-state index in [4.69, 9.17) is 0 Å². The summed E-state index contributed by atoms with van der Waals surface area (Å²) in [5, 5.41) is 3.35. The molecule has 3 heteroatoms. The van der Waals surface area contributed by atoms with Crippen LogP contribution in [0.2, 0.25) is 0 Å². The van der Waals surface area contributed by atoms with Gasteiger partial charge in [-0.05, 0) is 49.9 Å². The first kappa shape index (κ1) is 13.6. The van der Waals surface area contributed by atoms with Gasteiger partial charge in [-0.2, -0.15) is 0 Å². The largest absolute Gasteiger partial charge is 0.342 e. The molecule has 3 nitrogen and oxygen atoms in total. The third-order valence-corrected chi connectivity index (χ3v) is 4.93. The van der Waals surface area contributed by atoms with Gasteiger partial charge in [-0.25, -0.2) is 0 Å². The van der Waals surface area contributed by atoms with Crippen molar-refractivity contribution in [1.29, 1.82) is 0 Å². The monoisotopic (exact) mass is 272 g/mol. The molecule has 1 amide bonds. The van der Waals surface area contributed by atoms with Crippen LogP contribution in [0.5, 0.6) is 0 Å². The molecule has 1 aromatic carbocycles. The van der Waals surface area contributed by atoms with Gasteiger partial charge in [-0.3, -0.25) is 4.79 Å². The minimum Gasteiger partial charge on any atom is -0.342 e. The van der Waals surface area contributed by atoms with Crippen LogP contribution < -0.4 is 5.32 Å². The van der Waals surface area contributed by atoms with Gasteiger partial charge >= 0.3 is 0 Å². The van der Waals surface area contributed by atoms with Crippen LogP contribution in [0.4, 0.5) is 0 Å². The molecule has 0 radical (unpaired) electrons. The molecular formula is C17H24N2O. The maximum Gasteiger partial charge on any atom is 0.228 e. The Bertz CT molecular complexity index is 465. The molecule has 2 aliphatic rings. The molecule has 0 bridgehead atoms. The number of rotatable bonds is 1. The lowest BCUT2D eigenvalue weighted by molar-refractivity contribution is -0.142. The van der Waals surface area contributed by atoms with E-state index in [1.165, 1.54) is 11.1 Å². The van der Waals surface area contributed by atoms with Gasteiger partial charge in [0.1, 0.15) is 0 Å². The molecule has 0 spiro atoms. The first-order valence-corrected chi connectivity index (χ1v) is 7.76. The van der Waals surface area contributed by atoms with Crippen molar-refractivity contribution >= 4 is 5.91 Å². The summed E-state index contributed by atoms with van der Waals surface area (Å²) in [6.45, 7) is 5.83. The van der Waals surface area contributed by atoms with Gasteiger partial charge in [0.15, 0.2) is 0 Å². The highest BCUT2D eigenvalue weighted by molar-refractivity contribution is 5.82. The fraction of sp³-hybridized carbons (Fsp3) is 0.588. The van der Waals surface area contributed by atoms with Gasteiger partial charge in [-0.15, -0.1) is 0 Å². The molecule has 1 saturated heterocycles. The molecule has 108 valence electrons. The molecule has 1 N–H and O–H groups in total. The van der Waals surface area contributed by atoms with Crippen molar-refractivity contribution in [3.63, 3.8) is 0 Å². The summed E-state index contributed by atoms with van der Waals surface area (Å²) in [7, 11) is 0. The summed E-state index contributed by atoms with van der Waals surface area (Å²) in [4.78, 5) is 15.0. The quantitative estimate of drug-likeness (QED) is 0.848. The van der Waals surface area contributed by atoms with Gasteiger partial charge in [0.25, 0.3) is 0 Å². The van der Waals surface area contributed by atoms with Crippen molar-refractivity contribution in [2.24, 2.45) is 5.41 Å². The third-order valence-electron chi connectivity index (χ3n) is 4.93. The highest BCUT2D eigenvalue weighted by atomic mass is 16.2. The predicted molar refractivity (Wildman–Crippen MR) is 80.6 cm³/mol. The summed E-state index contributed by atoms with van der Waals surface area (Å²) < 4.78 is 0. The van der Waals surface area contributed by atoms with Crippen molar-refractivity contribution in [3.05, 3.63) is 35.4 Å². The lowest BCUT2D eigenvalue weighted by atomic mass is 9.79. The van der Waals surface area contributed by atoms with Crippen LogP contribution in [0.25, 0.3) is 0 Å². The van der Waals surface area contributed by atoms with Crippen molar-refractivity contribution in [1.82, 2.24) is 10.2 Å². The smallest absolute Gasteiger partial charge is 0.228 e. The maximum absolute atomic E-state index is 12.9. The summed E-state index contributed by atoms with van der Waals surface area (Å²) in [5.41, 5.74) is 2.68. The highest BCUT2D eigenvalue weighted by Gasteiger charge is 2.37. The zero-order chi connectivity index (χ0) is 14.0. The van der Waals surface area contributed by atoms with Crippen LogP contribution in [0.15, 0.2) is 24.3 Å². The molecule has 0 aromatic heterocycles. The second kappa shape index (κ2) is 5.57. The predicted octanol–water partition coefficient (Wildman–Crippen LogP) is 2.00. The molecule has 1 aromatic rings. The average molecular weight is 272 g/mol. The molecular weight excluding hydrogens is 248 g/mol. The van der Waals surface area contributed by atoms with Gasteiger partial charge < -0.3 is 10.2 Å². The van der Waals surface area contributed by atoms with Crippen LogP contribution in [0, 0.1) is 5.41 Å². The van der Waals surface area contributed by atoms with Gasteiger partial charge in [0.05, 0.1) is 0 Å². The lowest BCUT2D eigenvalue weighted by Gasteiger charge is -2.37. The number of amides is 1. The van der Waals surface area contributed by atoms with E-state index in [0.717, 1.165) is 51.9 Å². The number of fused-ring (bicyclic) bond motifs is 1. The second-order valence-electron chi connectivity index (χ2n) is 6.37. The molecule has 3 rings (SSSR count). The third kappa shape index (κ3) is 2.59. The summed E-state index contributed by atoms with van der Waals surface area (Å²) >= 11 is 0. The Labute approximate surface area is 121 Å². The molecule has 1 fully saturated rings. The topological polar surface area (TPSA) is 32.3 Å². The van der Waals surface area contributed by atoms with Crippen LogP contribution in [0.3, 0.4) is 0 Å². The molecule has 0 saturated carbocycles. The lowest BCUT2D eigenvalue weighted by Crippen LogP contribution is -2.48. The molecule has 0 unspecified atom stereocenters. The zero-order valence-corrected chi connectivity index (χ0v) is 12.3. The Morgan fingerprint density at radius 3 is 2.20 bits per heavy atom. The van der Waals surface area contributed by atoms with E-state index < -0.39 is 0 Å². The molecule has 2 heterocycles. The molecule has 0 atom stereocenters. The first-order chi connectivity index (χ1) is 9.69. The summed E-state index contributed by atoms with van der Waals surface area (Å²) in [6.07, 6.45) is 3.93. The number of benzene rings is 1. The standard InChI is InChI=1S/C17H24N2O/c1-17(8-10-18-11-9-17)16(20)19-12-6-14-4-2-3-5-15(14)7-13-19/h2-5,18H,6-13H2,1H3. The fourth-order valence-electron chi connectivity index (χ4n) is 3.45. The van der Waals surface area contributed by atoms with E-state index in [0.29, 0.717) is 5.91 Å². The average Bonchev–Trinajstić information content (AvgIpc) is 2.70. The first-order valence-electron chi connectivity index (χ1n) is 7.76. The Balaban J connectivity index is 1.71. The van der Waals surface area contributed by atoms with E-state index in [2.05, 4.69) is 41.4 Å². The normalized spacial score (nSPS) is 21.9. The molecule has 20 heavy (non-hydrogen) atoms. The van der Waals surface area contributed by atoms with Gasteiger partial charge in [0, 0.05) is 18.5 Å². The van der Waals surface area contributed by atoms with E-state index in [1.807, 2.05) is 0 Å². The second-order valence-corrected chi connectivity index (χ2v) is 6.37. The summed E-state index contributed by atoms with van der Waals surface area (Å²) in [6, 6.07) is 8.61. The number of carbonyl (C=O) groups excluding carboxylic acids is 1. The Hall–Kier alpha value is -1.35. The maximum atomic E-state index is 12.9. The Kier molecular flexibility index (Phi) is 3.79. The van der Waals surface area contributed by atoms with Crippen LogP contribution in [-0.4, -0.2) is 37.0 Å². The van der Waals surface area contributed by atoms with Crippen LogP contribution >= 0.6 is 0 Å². The minimum atomic E-state index is -0.151. The number of carbonyl (C=O) groups is 1. The Morgan fingerprint density at radius 1 is 1.10 bits per heavy atom. The van der Waals surface area contributed by atoms with E-state index in [1.54, 1.807) is 0 Å². The van der Waals surface area contributed by atoms with Crippen molar-refractivity contribution in [2.45, 2.75) is 32.6 Å². The van der Waals surface area contributed by atoms with E-state index in [9.17, 15) is 4.79 Å². The van der Waals surface area contributed by atoms with Gasteiger partial charge in [0.2, 0.25) is 5.91 Å². The summed E-state index contributed by atoms with van der Waals surface area (Å²) in [5.74, 6) is 0.367. The highest BCUT2D eigenvalue weighted by Crippen LogP contribution is 2.31. The van der Waals surface area contributed by atoms with E-state index >= 15 is 0 Å². The number of hydrogen-bond donors (Lipinski definition) is 1. The zero-order valence-electron chi connectivity index (χ0n) is 12.3. The van der Waals surface area contributed by atoms with E-state index in [-0.39, 0.29) is 5.41 Å². The van der Waals surface area contributed by atoms with Crippen molar-refractivity contribution < 1.29 is 4.79 Å². The Morgan fingerprint density at radius 2 is 1.65 bits per heavy atom. The number of hydrogen-bond acceptors (Lipinski definition) is 2.